The number of aromatic nitrogens is 1. The lowest BCUT2D eigenvalue weighted by Gasteiger charge is -2.08. The smallest absolute Gasteiger partial charge is 0.0698 e. The van der Waals surface area contributed by atoms with Gasteiger partial charge in [-0.3, -0.25) is 4.98 Å². The molecular weight excluding hydrogens is 232 g/mol. The van der Waals surface area contributed by atoms with E-state index in [1.54, 1.807) is 6.20 Å². The van der Waals surface area contributed by atoms with E-state index >= 15 is 0 Å². The van der Waals surface area contributed by atoms with Crippen molar-refractivity contribution in [1.82, 2.24) is 15.8 Å². The van der Waals surface area contributed by atoms with Crippen LogP contribution in [0.3, 0.4) is 0 Å². The Hall–Kier alpha value is -0.490. The normalized spacial score (nSPS) is 27.8. The lowest BCUT2D eigenvalue weighted by atomic mass is 10.1. The third kappa shape index (κ3) is 2.05. The Morgan fingerprint density at radius 1 is 1.46 bits per heavy atom. The summed E-state index contributed by atoms with van der Waals surface area (Å²) in [5.74, 6) is 0. The van der Waals surface area contributed by atoms with Crippen LogP contribution >= 0.6 is 15.9 Å². The van der Waals surface area contributed by atoms with E-state index < -0.39 is 0 Å². The molecule has 1 aliphatic heterocycles. The molecule has 4 N–H and O–H groups in total. The van der Waals surface area contributed by atoms with Crippen molar-refractivity contribution in [2.24, 2.45) is 5.73 Å². The molecular formula is C8H11BrN4. The lowest BCUT2D eigenvalue weighted by Crippen LogP contribution is -2.36. The summed E-state index contributed by atoms with van der Waals surface area (Å²) in [6, 6.07) is 2.31. The van der Waals surface area contributed by atoms with Gasteiger partial charge in [0.1, 0.15) is 0 Å². The fourth-order valence-corrected chi connectivity index (χ4v) is 1.80. The number of pyridine rings is 1. The molecule has 70 valence electrons. The van der Waals surface area contributed by atoms with Gasteiger partial charge in [0.2, 0.25) is 0 Å². The largest absolute Gasteiger partial charge is 0.315 e. The Morgan fingerprint density at radius 3 is 2.92 bits per heavy atom. The second-order valence-corrected chi connectivity index (χ2v) is 4.04. The van der Waals surface area contributed by atoms with Crippen LogP contribution in [0.2, 0.25) is 0 Å². The van der Waals surface area contributed by atoms with Crippen LogP contribution in [0.25, 0.3) is 0 Å². The molecule has 2 heterocycles. The van der Waals surface area contributed by atoms with Crippen LogP contribution in [-0.2, 0) is 0 Å². The molecule has 0 spiro atoms. The van der Waals surface area contributed by atoms with Gasteiger partial charge in [-0.05, 0) is 34.0 Å². The molecule has 0 radical (unpaired) electrons. The third-order valence-electron chi connectivity index (χ3n) is 2.06. The molecule has 2 atom stereocenters. The summed E-state index contributed by atoms with van der Waals surface area (Å²) in [4.78, 5) is 4.10. The molecule has 0 bridgehead atoms. The number of nitrogens with zero attached hydrogens (tertiary/aromatic N) is 1. The van der Waals surface area contributed by atoms with Gasteiger partial charge < -0.3 is 5.73 Å². The summed E-state index contributed by atoms with van der Waals surface area (Å²) < 4.78 is 0.993. The van der Waals surface area contributed by atoms with Crippen molar-refractivity contribution in [1.29, 1.82) is 0 Å². The number of hydrogen-bond donors (Lipinski definition) is 3. The number of hydrogen-bond acceptors (Lipinski definition) is 4. The molecule has 1 aliphatic rings. The molecule has 0 amide bonds. The quantitative estimate of drug-likeness (QED) is 0.678. The van der Waals surface area contributed by atoms with Crippen molar-refractivity contribution < 1.29 is 0 Å². The highest BCUT2D eigenvalue weighted by Crippen LogP contribution is 2.21. The number of hydrazine groups is 1. The molecule has 1 aromatic heterocycles. The fourth-order valence-electron chi connectivity index (χ4n) is 1.42. The van der Waals surface area contributed by atoms with Crippen LogP contribution < -0.4 is 16.6 Å². The van der Waals surface area contributed by atoms with Crippen LogP contribution in [-0.4, -0.2) is 11.1 Å². The molecule has 1 aromatic rings. The van der Waals surface area contributed by atoms with Gasteiger partial charge in [-0.2, -0.15) is 0 Å². The molecule has 1 saturated heterocycles. The molecule has 0 aromatic carbocycles. The van der Waals surface area contributed by atoms with Crippen LogP contribution in [0.4, 0.5) is 0 Å². The van der Waals surface area contributed by atoms with Crippen molar-refractivity contribution >= 4 is 15.9 Å². The molecule has 1 fully saturated rings. The topological polar surface area (TPSA) is 63.0 Å². The monoisotopic (exact) mass is 242 g/mol. The summed E-state index contributed by atoms with van der Waals surface area (Å²) in [6.07, 6.45) is 4.54. The van der Waals surface area contributed by atoms with Crippen molar-refractivity contribution in [2.75, 3.05) is 0 Å². The van der Waals surface area contributed by atoms with Gasteiger partial charge in [0.15, 0.2) is 0 Å². The lowest BCUT2D eigenvalue weighted by molar-refractivity contribution is 0.551. The summed E-state index contributed by atoms with van der Waals surface area (Å²) in [6.45, 7) is 0. The van der Waals surface area contributed by atoms with Gasteiger partial charge in [0.25, 0.3) is 0 Å². The maximum atomic E-state index is 5.69. The number of halogens is 1. The summed E-state index contributed by atoms with van der Waals surface area (Å²) in [5, 5.41) is 0. The van der Waals surface area contributed by atoms with Gasteiger partial charge in [0, 0.05) is 16.9 Å². The maximum Gasteiger partial charge on any atom is 0.0698 e. The molecule has 13 heavy (non-hydrogen) atoms. The zero-order valence-electron chi connectivity index (χ0n) is 7.00. The average molecular weight is 243 g/mol. The van der Waals surface area contributed by atoms with E-state index in [2.05, 4.69) is 31.8 Å². The summed E-state index contributed by atoms with van der Waals surface area (Å²) >= 11 is 3.38. The first-order chi connectivity index (χ1) is 6.25. The average Bonchev–Trinajstić information content (AvgIpc) is 2.52. The first-order valence-corrected chi connectivity index (χ1v) is 4.92. The van der Waals surface area contributed by atoms with Gasteiger partial charge in [-0.1, -0.05) is 0 Å². The zero-order valence-corrected chi connectivity index (χ0v) is 8.58. The minimum Gasteiger partial charge on any atom is -0.315 e. The van der Waals surface area contributed by atoms with Crippen LogP contribution in [0.1, 0.15) is 18.0 Å². The number of nitrogens with two attached hydrogens (primary N) is 1. The van der Waals surface area contributed by atoms with E-state index in [0.717, 1.165) is 16.5 Å². The van der Waals surface area contributed by atoms with Crippen molar-refractivity contribution in [3.63, 3.8) is 0 Å². The Balaban J connectivity index is 2.16. The minimum atomic E-state index is 0.0315. The van der Waals surface area contributed by atoms with Gasteiger partial charge >= 0.3 is 0 Å². The second kappa shape index (κ2) is 3.71. The van der Waals surface area contributed by atoms with Gasteiger partial charge in [0.05, 0.1) is 12.2 Å². The molecule has 2 rings (SSSR count). The van der Waals surface area contributed by atoms with Gasteiger partial charge in [-0.15, -0.1) is 0 Å². The standard InChI is InChI=1S/C8H11BrN4/c9-6-1-5(3-11-4-6)7-2-8(10)13-12-7/h1,3-4,7-8,12-13H,2,10H2. The van der Waals surface area contributed by atoms with E-state index in [1.165, 1.54) is 0 Å². The second-order valence-electron chi connectivity index (χ2n) is 3.12. The van der Waals surface area contributed by atoms with Crippen LogP contribution in [0, 0.1) is 0 Å². The highest BCUT2D eigenvalue weighted by atomic mass is 79.9. The SMILES string of the molecule is NC1CC(c2cncc(Br)c2)NN1. The Bertz CT molecular complexity index is 304. The van der Waals surface area contributed by atoms with E-state index in [1.807, 2.05) is 12.3 Å². The number of nitrogens with one attached hydrogen (secondary N) is 2. The Kier molecular flexibility index (Phi) is 2.59. The minimum absolute atomic E-state index is 0.0315. The van der Waals surface area contributed by atoms with Crippen molar-refractivity contribution in [3.05, 3.63) is 28.5 Å². The van der Waals surface area contributed by atoms with E-state index in [-0.39, 0.29) is 12.2 Å². The Morgan fingerprint density at radius 2 is 2.31 bits per heavy atom. The molecule has 4 nitrogen and oxygen atoms in total. The highest BCUT2D eigenvalue weighted by Gasteiger charge is 2.21. The predicted molar refractivity (Wildman–Crippen MR) is 53.5 cm³/mol. The fraction of sp³-hybridized carbons (Fsp3) is 0.375. The van der Waals surface area contributed by atoms with E-state index in [0.29, 0.717) is 0 Å². The number of rotatable bonds is 1. The third-order valence-corrected chi connectivity index (χ3v) is 2.49. The molecule has 0 saturated carbocycles. The molecule has 0 aliphatic carbocycles. The first kappa shape index (κ1) is 9.08. The van der Waals surface area contributed by atoms with Crippen LogP contribution in [0.15, 0.2) is 22.9 Å². The zero-order chi connectivity index (χ0) is 9.26. The van der Waals surface area contributed by atoms with Gasteiger partial charge in [-0.25, -0.2) is 10.9 Å². The van der Waals surface area contributed by atoms with Crippen molar-refractivity contribution in [3.8, 4) is 0 Å². The highest BCUT2D eigenvalue weighted by molar-refractivity contribution is 9.10. The summed E-state index contributed by atoms with van der Waals surface area (Å²) in [7, 11) is 0. The predicted octanol–water partition coefficient (Wildman–Crippen LogP) is 0.668. The van der Waals surface area contributed by atoms with Crippen LogP contribution in [0.5, 0.6) is 0 Å². The van der Waals surface area contributed by atoms with Crippen molar-refractivity contribution in [2.45, 2.75) is 18.6 Å². The Labute approximate surface area is 85.0 Å². The summed E-state index contributed by atoms with van der Waals surface area (Å²) in [5.41, 5.74) is 12.9. The van der Waals surface area contributed by atoms with E-state index in [9.17, 15) is 0 Å². The van der Waals surface area contributed by atoms with E-state index in [4.69, 9.17) is 5.73 Å². The molecule has 2 unspecified atom stereocenters. The first-order valence-electron chi connectivity index (χ1n) is 4.13. The molecule has 5 heteroatoms. The maximum absolute atomic E-state index is 5.69.